The summed E-state index contributed by atoms with van der Waals surface area (Å²) in [5.74, 6) is 0. The molecule has 0 aromatic carbocycles. The van der Waals surface area contributed by atoms with Crippen molar-refractivity contribution in [2.24, 2.45) is 0 Å². The average molecular weight is 260 g/mol. The number of ether oxygens (including phenoxy) is 2. The molecule has 0 unspecified atom stereocenters. The number of hydrogen-bond donors (Lipinski definition) is 2. The van der Waals surface area contributed by atoms with E-state index in [2.05, 4.69) is 13.8 Å². The van der Waals surface area contributed by atoms with Gasteiger partial charge in [-0.3, -0.25) is 0 Å². The quantitative estimate of drug-likeness (QED) is 0.377. The van der Waals surface area contributed by atoms with Gasteiger partial charge in [0, 0.05) is 26.4 Å². The summed E-state index contributed by atoms with van der Waals surface area (Å²) in [6.45, 7) is 7.84. The van der Waals surface area contributed by atoms with Gasteiger partial charge in [-0.15, -0.1) is 0 Å². The largest absolute Gasteiger partial charge is 0.381 e. The van der Waals surface area contributed by atoms with E-state index >= 15 is 0 Å². The monoisotopic (exact) mass is 260 g/mol. The molecule has 0 aromatic heterocycles. The molecule has 0 saturated carbocycles. The van der Waals surface area contributed by atoms with Gasteiger partial charge in [0.05, 0.1) is 0 Å². The first-order valence-corrected chi connectivity index (χ1v) is 5.98. The van der Waals surface area contributed by atoms with Crippen LogP contribution in [0.2, 0.25) is 0 Å². The van der Waals surface area contributed by atoms with E-state index in [1.165, 1.54) is 0 Å². The first-order valence-electron chi connectivity index (χ1n) is 5.98. The maximum atomic E-state index is 8.35. The predicted octanol–water partition coefficient (Wildman–Crippen LogP) is 2.42. The first-order chi connectivity index (χ1) is 8.74. The zero-order valence-corrected chi connectivity index (χ0v) is 11.3. The van der Waals surface area contributed by atoms with Gasteiger partial charge in [-0.2, -0.15) is 0 Å². The molecule has 0 heterocycles. The van der Waals surface area contributed by atoms with Crippen LogP contribution in [0.1, 0.15) is 39.5 Å². The smallest absolute Gasteiger partial charge is 0.231 e. The lowest BCUT2D eigenvalue weighted by molar-refractivity contribution is 0.103. The number of nitrogens with one attached hydrogen (secondary N) is 2. The fourth-order valence-corrected chi connectivity index (χ4v) is 0.901. The highest BCUT2D eigenvalue weighted by atomic mass is 16.5. The van der Waals surface area contributed by atoms with Crippen molar-refractivity contribution in [1.29, 1.82) is 10.8 Å². The van der Waals surface area contributed by atoms with Crippen molar-refractivity contribution < 1.29 is 19.1 Å². The predicted molar refractivity (Wildman–Crippen MR) is 68.3 cm³/mol. The summed E-state index contributed by atoms with van der Waals surface area (Å²) in [6, 6.07) is 0. The van der Waals surface area contributed by atoms with Crippen LogP contribution in [-0.2, 0) is 19.1 Å². The molecule has 106 valence electrons. The molecular weight excluding hydrogens is 236 g/mol. The minimum Gasteiger partial charge on any atom is -0.381 e. The second-order valence-corrected chi connectivity index (χ2v) is 3.14. The van der Waals surface area contributed by atoms with Gasteiger partial charge in [-0.1, -0.05) is 13.8 Å². The molecule has 0 saturated heterocycles. The molecule has 0 amide bonds. The number of rotatable bonds is 9. The van der Waals surface area contributed by atoms with Gasteiger partial charge in [0.25, 0.3) is 0 Å². The Hall–Kier alpha value is -1.32. The first kappa shape index (κ1) is 21.9. The SMILES string of the molecule is CCCOCCCCOCCC.N=C=O.N=C=O. The van der Waals surface area contributed by atoms with Gasteiger partial charge in [-0.25, -0.2) is 20.4 Å². The van der Waals surface area contributed by atoms with Crippen molar-refractivity contribution in [3.8, 4) is 0 Å². The van der Waals surface area contributed by atoms with Gasteiger partial charge in [0.2, 0.25) is 12.2 Å². The Morgan fingerprint density at radius 1 is 0.778 bits per heavy atom. The third-order valence-electron chi connectivity index (χ3n) is 1.52. The molecule has 0 spiro atoms. The Morgan fingerprint density at radius 2 is 1.06 bits per heavy atom. The summed E-state index contributed by atoms with van der Waals surface area (Å²) in [4.78, 5) is 16.7. The minimum absolute atomic E-state index is 0.750. The van der Waals surface area contributed by atoms with Crippen LogP contribution in [0.4, 0.5) is 0 Å². The summed E-state index contributed by atoms with van der Waals surface area (Å²) in [5, 5.41) is 10.8. The summed E-state index contributed by atoms with van der Waals surface area (Å²) < 4.78 is 10.7. The molecule has 18 heavy (non-hydrogen) atoms. The van der Waals surface area contributed by atoms with Crippen LogP contribution in [0.25, 0.3) is 0 Å². The molecule has 0 aliphatic rings. The number of isocyanates is 2. The second-order valence-electron chi connectivity index (χ2n) is 3.14. The summed E-state index contributed by atoms with van der Waals surface area (Å²) >= 11 is 0. The number of hydrogen-bond acceptors (Lipinski definition) is 6. The Balaban J connectivity index is -0.000000315. The summed E-state index contributed by atoms with van der Waals surface area (Å²) in [7, 11) is 0. The summed E-state index contributed by atoms with van der Waals surface area (Å²) in [6.07, 6.45) is 5.99. The molecule has 0 atom stereocenters. The highest BCUT2D eigenvalue weighted by molar-refractivity contribution is 5.26. The third-order valence-corrected chi connectivity index (χ3v) is 1.52. The Kier molecular flexibility index (Phi) is 36.1. The highest BCUT2D eigenvalue weighted by Crippen LogP contribution is 1.92. The molecule has 2 N–H and O–H groups in total. The van der Waals surface area contributed by atoms with Crippen molar-refractivity contribution in [2.45, 2.75) is 39.5 Å². The lowest BCUT2D eigenvalue weighted by atomic mass is 10.3. The molecule has 0 fully saturated rings. The van der Waals surface area contributed by atoms with Crippen molar-refractivity contribution >= 4 is 12.2 Å². The number of carbonyl (C=O) groups excluding carboxylic acids is 2. The van der Waals surface area contributed by atoms with Crippen LogP contribution in [0, 0.1) is 10.8 Å². The Bertz CT molecular complexity index is 176. The summed E-state index contributed by atoms with van der Waals surface area (Å²) in [5.41, 5.74) is 0. The Labute approximate surface area is 109 Å². The van der Waals surface area contributed by atoms with Gasteiger partial charge in [-0.05, 0) is 25.7 Å². The molecular formula is C12H24N2O4. The van der Waals surface area contributed by atoms with Crippen molar-refractivity contribution in [3.63, 3.8) is 0 Å². The highest BCUT2D eigenvalue weighted by Gasteiger charge is 1.89. The molecule has 0 aromatic rings. The van der Waals surface area contributed by atoms with E-state index in [-0.39, 0.29) is 0 Å². The van der Waals surface area contributed by atoms with Crippen LogP contribution < -0.4 is 0 Å². The molecule has 0 aliphatic heterocycles. The lowest BCUT2D eigenvalue weighted by Gasteiger charge is -2.03. The topological polar surface area (TPSA) is 100 Å². The van der Waals surface area contributed by atoms with E-state index in [0.717, 1.165) is 64.3 Å². The van der Waals surface area contributed by atoms with Gasteiger partial charge >= 0.3 is 0 Å². The molecule has 0 bridgehead atoms. The second kappa shape index (κ2) is 29.6. The van der Waals surface area contributed by atoms with E-state index in [0.29, 0.717) is 0 Å². The minimum atomic E-state index is 0.750. The average Bonchev–Trinajstić information content (AvgIpc) is 2.35. The molecule has 0 radical (unpaired) electrons. The van der Waals surface area contributed by atoms with E-state index in [1.54, 1.807) is 0 Å². The Morgan fingerprint density at radius 3 is 1.28 bits per heavy atom. The molecule has 0 rings (SSSR count). The normalized spacial score (nSPS) is 7.89. The van der Waals surface area contributed by atoms with Crippen molar-refractivity contribution in [1.82, 2.24) is 0 Å². The maximum Gasteiger partial charge on any atom is 0.231 e. The zero-order valence-electron chi connectivity index (χ0n) is 11.3. The fraction of sp³-hybridized carbons (Fsp3) is 0.833. The van der Waals surface area contributed by atoms with E-state index in [9.17, 15) is 0 Å². The van der Waals surface area contributed by atoms with Crippen LogP contribution in [0.15, 0.2) is 0 Å². The van der Waals surface area contributed by atoms with Gasteiger partial charge in [0.15, 0.2) is 0 Å². The van der Waals surface area contributed by atoms with E-state index in [1.807, 2.05) is 0 Å². The fourth-order valence-electron chi connectivity index (χ4n) is 0.901. The maximum absolute atomic E-state index is 8.35. The number of unbranched alkanes of at least 4 members (excludes halogenated alkanes) is 1. The van der Waals surface area contributed by atoms with E-state index in [4.69, 9.17) is 29.9 Å². The van der Waals surface area contributed by atoms with Crippen molar-refractivity contribution in [3.05, 3.63) is 0 Å². The van der Waals surface area contributed by atoms with Gasteiger partial charge in [0.1, 0.15) is 0 Å². The van der Waals surface area contributed by atoms with E-state index < -0.39 is 0 Å². The molecule has 6 nitrogen and oxygen atoms in total. The molecule has 6 heteroatoms. The van der Waals surface area contributed by atoms with Crippen LogP contribution in [0.5, 0.6) is 0 Å². The third kappa shape index (κ3) is 46.6. The zero-order chi connectivity index (χ0) is 14.5. The van der Waals surface area contributed by atoms with Crippen LogP contribution in [-0.4, -0.2) is 38.6 Å². The lowest BCUT2D eigenvalue weighted by Crippen LogP contribution is -2.00. The van der Waals surface area contributed by atoms with Gasteiger partial charge < -0.3 is 9.47 Å². The standard InChI is InChI=1S/C10H22O2.2CHNO/c1-3-7-11-9-5-6-10-12-8-4-2;2*2-1-3/h3-10H2,1-2H3;2*2H. The molecule has 0 aliphatic carbocycles. The van der Waals surface area contributed by atoms with Crippen molar-refractivity contribution in [2.75, 3.05) is 26.4 Å². The van der Waals surface area contributed by atoms with Crippen LogP contribution in [0.3, 0.4) is 0 Å². The van der Waals surface area contributed by atoms with Crippen LogP contribution >= 0.6 is 0 Å².